The summed E-state index contributed by atoms with van der Waals surface area (Å²) in [6.45, 7) is 6.33. The topological polar surface area (TPSA) is 55.2 Å². The van der Waals surface area contributed by atoms with Crippen molar-refractivity contribution in [3.63, 3.8) is 0 Å². The number of hydrogen-bond acceptors (Lipinski definition) is 3. The van der Waals surface area contributed by atoms with Gasteiger partial charge < -0.3 is 4.90 Å². The predicted octanol–water partition coefficient (Wildman–Crippen LogP) is 5.70. The van der Waals surface area contributed by atoms with E-state index in [0.29, 0.717) is 29.7 Å². The summed E-state index contributed by atoms with van der Waals surface area (Å²) in [5.41, 5.74) is 2.43. The minimum atomic E-state index is -0.530. The molecule has 5 nitrogen and oxygen atoms in total. The van der Waals surface area contributed by atoms with Crippen LogP contribution in [0.15, 0.2) is 77.6 Å². The normalized spacial score (nSPS) is 12.0. The summed E-state index contributed by atoms with van der Waals surface area (Å²) in [6.07, 6.45) is 1.44. The van der Waals surface area contributed by atoms with Crippen molar-refractivity contribution < 1.29 is 9.18 Å². The lowest BCUT2D eigenvalue weighted by molar-refractivity contribution is 0.0680. The van der Waals surface area contributed by atoms with Crippen LogP contribution in [-0.2, 0) is 6.42 Å². The molecule has 34 heavy (non-hydrogen) atoms. The van der Waals surface area contributed by atoms with Crippen molar-refractivity contribution in [2.24, 2.45) is 0 Å². The number of hydrogen-bond donors (Lipinski definition) is 0. The lowest BCUT2D eigenvalue weighted by Gasteiger charge is -2.31. The first-order valence-corrected chi connectivity index (χ1v) is 11.6. The highest BCUT2D eigenvalue weighted by Gasteiger charge is 2.27. The van der Waals surface area contributed by atoms with E-state index < -0.39 is 11.9 Å². The number of aromatic nitrogens is 2. The highest BCUT2D eigenvalue weighted by molar-refractivity contribution is 5.94. The third-order valence-electron chi connectivity index (χ3n) is 6.05. The third kappa shape index (κ3) is 4.36. The molecule has 0 fully saturated rings. The third-order valence-corrected chi connectivity index (χ3v) is 6.05. The zero-order chi connectivity index (χ0) is 24.2. The van der Waals surface area contributed by atoms with E-state index in [0.717, 1.165) is 17.7 Å². The van der Waals surface area contributed by atoms with Crippen molar-refractivity contribution in [3.8, 4) is 5.69 Å². The van der Waals surface area contributed by atoms with Crippen LogP contribution >= 0.6 is 0 Å². The first-order valence-electron chi connectivity index (χ1n) is 11.6. The highest BCUT2D eigenvalue weighted by Crippen LogP contribution is 2.26. The number of nitrogens with zero attached hydrogens (tertiary/aromatic N) is 3. The van der Waals surface area contributed by atoms with Gasteiger partial charge in [0.1, 0.15) is 11.6 Å². The number of carbonyl (C=O) groups is 1. The molecule has 0 spiro atoms. The average Bonchev–Trinajstić information content (AvgIpc) is 2.86. The van der Waals surface area contributed by atoms with Crippen molar-refractivity contribution in [1.29, 1.82) is 0 Å². The summed E-state index contributed by atoms with van der Waals surface area (Å²) in [5, 5.41) is 0.517. The molecule has 0 radical (unpaired) electrons. The number of fused-ring (bicyclic) bond motifs is 1. The van der Waals surface area contributed by atoms with Crippen LogP contribution in [0.4, 0.5) is 4.39 Å². The van der Waals surface area contributed by atoms with Crippen LogP contribution in [0.25, 0.3) is 16.6 Å². The minimum absolute atomic E-state index is 0.178. The first-order chi connectivity index (χ1) is 16.5. The fourth-order valence-electron chi connectivity index (χ4n) is 4.33. The maximum absolute atomic E-state index is 13.9. The molecule has 1 unspecified atom stereocenters. The van der Waals surface area contributed by atoms with E-state index in [-0.39, 0.29) is 17.0 Å². The standard InChI is InChI=1S/C28H28FN3O2/c1-4-17-31(27(33)21-12-10-13-22(29)18-21)19(3)26-30-24-15-8-7-14-23(24)28(34)32(26)25-16-9-6-11-20(25)5-2/h6-16,18-19H,4-5,17H2,1-3H3. The molecule has 0 saturated heterocycles. The van der Waals surface area contributed by atoms with E-state index in [1.807, 2.05) is 63.2 Å². The second kappa shape index (κ2) is 10.00. The zero-order valence-electron chi connectivity index (χ0n) is 19.7. The number of benzene rings is 3. The SMILES string of the molecule is CCCN(C(=O)c1cccc(F)c1)C(C)c1nc2ccccc2c(=O)n1-c1ccccc1CC. The van der Waals surface area contributed by atoms with Gasteiger partial charge in [-0.05, 0) is 61.7 Å². The van der Waals surface area contributed by atoms with Crippen molar-refractivity contribution in [1.82, 2.24) is 14.5 Å². The van der Waals surface area contributed by atoms with Gasteiger partial charge in [0, 0.05) is 12.1 Å². The molecule has 6 heteroatoms. The Bertz CT molecular complexity index is 1400. The van der Waals surface area contributed by atoms with Crippen LogP contribution in [-0.4, -0.2) is 26.9 Å². The Morgan fingerprint density at radius 3 is 2.50 bits per heavy atom. The van der Waals surface area contributed by atoms with Gasteiger partial charge in [-0.3, -0.25) is 14.2 Å². The van der Waals surface area contributed by atoms with Crippen LogP contribution in [0.1, 0.15) is 55.0 Å². The fraction of sp³-hybridized carbons (Fsp3) is 0.250. The van der Waals surface area contributed by atoms with E-state index in [9.17, 15) is 14.0 Å². The Morgan fingerprint density at radius 1 is 1.03 bits per heavy atom. The van der Waals surface area contributed by atoms with Gasteiger partial charge in [-0.25, -0.2) is 9.37 Å². The zero-order valence-corrected chi connectivity index (χ0v) is 19.7. The molecule has 1 heterocycles. The molecule has 0 N–H and O–H groups in total. The van der Waals surface area contributed by atoms with Crippen LogP contribution < -0.4 is 5.56 Å². The van der Waals surface area contributed by atoms with Crippen molar-refractivity contribution in [2.75, 3.05) is 6.54 Å². The summed E-state index contributed by atoms with van der Waals surface area (Å²) < 4.78 is 15.5. The quantitative estimate of drug-likeness (QED) is 0.358. The van der Waals surface area contributed by atoms with Crippen LogP contribution in [0.2, 0.25) is 0 Å². The first kappa shape index (κ1) is 23.4. The Balaban J connectivity index is 1.94. The Morgan fingerprint density at radius 2 is 1.76 bits per heavy atom. The van der Waals surface area contributed by atoms with Gasteiger partial charge in [-0.1, -0.05) is 50.2 Å². The molecule has 0 aliphatic rings. The van der Waals surface area contributed by atoms with Gasteiger partial charge in [0.15, 0.2) is 0 Å². The summed E-state index contributed by atoms with van der Waals surface area (Å²) in [4.78, 5) is 33.8. The molecular weight excluding hydrogens is 429 g/mol. The maximum Gasteiger partial charge on any atom is 0.266 e. The second-order valence-electron chi connectivity index (χ2n) is 8.29. The number of para-hydroxylation sites is 2. The van der Waals surface area contributed by atoms with Gasteiger partial charge in [0.25, 0.3) is 11.5 Å². The maximum atomic E-state index is 13.9. The van der Waals surface area contributed by atoms with Crippen molar-refractivity contribution in [2.45, 2.75) is 39.7 Å². The van der Waals surface area contributed by atoms with E-state index in [4.69, 9.17) is 4.98 Å². The van der Waals surface area contributed by atoms with Gasteiger partial charge in [-0.2, -0.15) is 0 Å². The number of amides is 1. The van der Waals surface area contributed by atoms with E-state index in [1.165, 1.54) is 18.2 Å². The molecule has 1 amide bonds. The molecule has 0 saturated carbocycles. The number of rotatable bonds is 7. The summed E-state index contributed by atoms with van der Waals surface area (Å²) >= 11 is 0. The predicted molar refractivity (Wildman–Crippen MR) is 133 cm³/mol. The van der Waals surface area contributed by atoms with Gasteiger partial charge in [0.05, 0.1) is 22.6 Å². The molecule has 1 atom stereocenters. The Hall–Kier alpha value is -3.80. The van der Waals surface area contributed by atoms with E-state index in [2.05, 4.69) is 0 Å². The lowest BCUT2D eigenvalue weighted by atomic mass is 10.1. The molecule has 0 aliphatic heterocycles. The van der Waals surface area contributed by atoms with Gasteiger partial charge in [-0.15, -0.1) is 0 Å². The molecule has 174 valence electrons. The number of aryl methyl sites for hydroxylation is 1. The van der Waals surface area contributed by atoms with Crippen LogP contribution in [0, 0.1) is 5.82 Å². The largest absolute Gasteiger partial charge is 0.329 e. The van der Waals surface area contributed by atoms with E-state index in [1.54, 1.807) is 21.6 Å². The minimum Gasteiger partial charge on any atom is -0.329 e. The summed E-state index contributed by atoms with van der Waals surface area (Å²) in [7, 11) is 0. The average molecular weight is 458 g/mol. The van der Waals surface area contributed by atoms with Crippen molar-refractivity contribution in [3.05, 3.63) is 106 Å². The smallest absolute Gasteiger partial charge is 0.266 e. The molecular formula is C28H28FN3O2. The molecule has 0 aliphatic carbocycles. The Kier molecular flexibility index (Phi) is 6.87. The van der Waals surface area contributed by atoms with Crippen molar-refractivity contribution >= 4 is 16.8 Å². The lowest BCUT2D eigenvalue weighted by Crippen LogP contribution is -2.38. The fourth-order valence-corrected chi connectivity index (χ4v) is 4.33. The van der Waals surface area contributed by atoms with Gasteiger partial charge >= 0.3 is 0 Å². The molecule has 3 aromatic carbocycles. The molecule has 4 aromatic rings. The van der Waals surface area contributed by atoms with Crippen LogP contribution in [0.3, 0.4) is 0 Å². The van der Waals surface area contributed by atoms with E-state index >= 15 is 0 Å². The second-order valence-corrected chi connectivity index (χ2v) is 8.29. The molecule has 1 aromatic heterocycles. The number of carbonyl (C=O) groups excluding carboxylic acids is 1. The summed E-state index contributed by atoms with van der Waals surface area (Å²) in [5.74, 6) is -0.290. The van der Waals surface area contributed by atoms with Gasteiger partial charge in [0.2, 0.25) is 0 Å². The summed E-state index contributed by atoms with van der Waals surface area (Å²) in [6, 6.07) is 20.1. The van der Waals surface area contributed by atoms with Crippen LogP contribution in [0.5, 0.6) is 0 Å². The monoisotopic (exact) mass is 457 g/mol. The molecule has 0 bridgehead atoms. The Labute approximate surface area is 198 Å². The highest BCUT2D eigenvalue weighted by atomic mass is 19.1. The number of halogens is 1. The molecule has 4 rings (SSSR count).